The van der Waals surface area contributed by atoms with Crippen LogP contribution in [0.1, 0.15) is 13.8 Å². The number of phenolic OH excluding ortho intramolecular Hbond substituents is 1. The fourth-order valence-electron chi connectivity index (χ4n) is 3.10. The van der Waals surface area contributed by atoms with Gasteiger partial charge in [-0.05, 0) is 48.4 Å². The molecule has 3 aromatic carbocycles. The summed E-state index contributed by atoms with van der Waals surface area (Å²) in [5, 5.41) is 11.7. The number of ether oxygens (including phenoxy) is 1. The van der Waals surface area contributed by atoms with Crippen molar-refractivity contribution in [2.24, 2.45) is 0 Å². The first-order valence-corrected chi connectivity index (χ1v) is 8.85. The third kappa shape index (κ3) is 3.64. The Hall–Kier alpha value is -3.01. The van der Waals surface area contributed by atoms with Crippen molar-refractivity contribution >= 4 is 16.7 Å². The van der Waals surface area contributed by atoms with Crippen LogP contribution < -0.4 is 4.74 Å². The minimum absolute atomic E-state index is 0.00506. The second kappa shape index (κ2) is 7.91. The SMILES string of the molecule is CCN(CC)C(=O)COc1ccc2ccccc2c1-c1ccc(O)cc1. The summed E-state index contributed by atoms with van der Waals surface area (Å²) in [6.45, 7) is 5.26. The first-order chi connectivity index (χ1) is 12.6. The fraction of sp³-hybridized carbons (Fsp3) is 0.227. The highest BCUT2D eigenvalue weighted by atomic mass is 16.5. The zero-order valence-corrected chi connectivity index (χ0v) is 15.1. The minimum atomic E-state index is -0.0279. The van der Waals surface area contributed by atoms with Gasteiger partial charge in [0.25, 0.3) is 5.91 Å². The van der Waals surface area contributed by atoms with Gasteiger partial charge in [0.2, 0.25) is 0 Å². The van der Waals surface area contributed by atoms with Gasteiger partial charge in [0, 0.05) is 18.7 Å². The molecular formula is C22H23NO3. The van der Waals surface area contributed by atoms with Crippen LogP contribution in [0.15, 0.2) is 60.7 Å². The van der Waals surface area contributed by atoms with Gasteiger partial charge >= 0.3 is 0 Å². The summed E-state index contributed by atoms with van der Waals surface area (Å²) in [7, 11) is 0. The molecule has 0 unspecified atom stereocenters. The van der Waals surface area contributed by atoms with E-state index in [1.165, 1.54) is 0 Å². The van der Waals surface area contributed by atoms with Crippen LogP contribution in [-0.2, 0) is 4.79 Å². The van der Waals surface area contributed by atoms with Gasteiger partial charge in [0.1, 0.15) is 11.5 Å². The first kappa shape index (κ1) is 17.8. The first-order valence-electron chi connectivity index (χ1n) is 8.85. The predicted molar refractivity (Wildman–Crippen MR) is 104 cm³/mol. The Morgan fingerprint density at radius 2 is 1.65 bits per heavy atom. The van der Waals surface area contributed by atoms with Crippen LogP contribution in [0.5, 0.6) is 11.5 Å². The number of phenols is 1. The van der Waals surface area contributed by atoms with E-state index in [4.69, 9.17) is 4.74 Å². The molecule has 1 N–H and O–H groups in total. The number of fused-ring (bicyclic) bond motifs is 1. The van der Waals surface area contributed by atoms with E-state index in [1.807, 2.05) is 62.4 Å². The highest BCUT2D eigenvalue weighted by Gasteiger charge is 2.15. The number of likely N-dealkylation sites (N-methyl/N-ethyl adjacent to an activating group) is 1. The lowest BCUT2D eigenvalue weighted by Crippen LogP contribution is -2.34. The van der Waals surface area contributed by atoms with Crippen LogP contribution in [0, 0.1) is 0 Å². The van der Waals surface area contributed by atoms with Gasteiger partial charge < -0.3 is 14.7 Å². The maximum Gasteiger partial charge on any atom is 0.260 e. The van der Waals surface area contributed by atoms with E-state index in [9.17, 15) is 9.90 Å². The molecule has 0 aliphatic carbocycles. The molecule has 0 fully saturated rings. The van der Waals surface area contributed by atoms with Crippen LogP contribution in [0.25, 0.3) is 21.9 Å². The Morgan fingerprint density at radius 1 is 0.962 bits per heavy atom. The smallest absolute Gasteiger partial charge is 0.260 e. The molecule has 0 saturated heterocycles. The number of nitrogens with zero attached hydrogens (tertiary/aromatic N) is 1. The zero-order chi connectivity index (χ0) is 18.5. The van der Waals surface area contributed by atoms with E-state index in [0.717, 1.165) is 21.9 Å². The zero-order valence-electron chi connectivity index (χ0n) is 15.1. The van der Waals surface area contributed by atoms with E-state index in [1.54, 1.807) is 17.0 Å². The molecule has 4 nitrogen and oxygen atoms in total. The van der Waals surface area contributed by atoms with Crippen molar-refractivity contribution in [1.29, 1.82) is 0 Å². The molecule has 26 heavy (non-hydrogen) atoms. The second-order valence-electron chi connectivity index (χ2n) is 6.06. The minimum Gasteiger partial charge on any atom is -0.508 e. The molecule has 0 aliphatic rings. The van der Waals surface area contributed by atoms with E-state index >= 15 is 0 Å². The summed E-state index contributed by atoms with van der Waals surface area (Å²) in [5.74, 6) is 0.850. The van der Waals surface area contributed by atoms with Crippen molar-refractivity contribution in [2.45, 2.75) is 13.8 Å². The molecule has 1 amide bonds. The normalized spacial score (nSPS) is 10.7. The summed E-state index contributed by atoms with van der Waals surface area (Å²) < 4.78 is 5.92. The fourth-order valence-corrected chi connectivity index (χ4v) is 3.10. The Morgan fingerprint density at radius 3 is 2.35 bits per heavy atom. The molecule has 0 bridgehead atoms. The van der Waals surface area contributed by atoms with Gasteiger partial charge in [-0.3, -0.25) is 4.79 Å². The van der Waals surface area contributed by atoms with Gasteiger partial charge in [-0.1, -0.05) is 42.5 Å². The predicted octanol–water partition coefficient (Wildman–Crippen LogP) is 4.46. The topological polar surface area (TPSA) is 49.8 Å². The van der Waals surface area contributed by atoms with E-state index in [0.29, 0.717) is 18.8 Å². The van der Waals surface area contributed by atoms with Crippen molar-refractivity contribution in [1.82, 2.24) is 4.90 Å². The van der Waals surface area contributed by atoms with Gasteiger partial charge in [0.15, 0.2) is 6.61 Å². The highest BCUT2D eigenvalue weighted by Crippen LogP contribution is 2.37. The van der Waals surface area contributed by atoms with E-state index in [2.05, 4.69) is 0 Å². The van der Waals surface area contributed by atoms with Crippen molar-refractivity contribution in [3.63, 3.8) is 0 Å². The molecule has 0 radical (unpaired) electrons. The van der Waals surface area contributed by atoms with Crippen molar-refractivity contribution in [3.8, 4) is 22.6 Å². The van der Waals surface area contributed by atoms with Gasteiger partial charge in [-0.25, -0.2) is 0 Å². The molecular weight excluding hydrogens is 326 g/mol. The van der Waals surface area contributed by atoms with Crippen molar-refractivity contribution < 1.29 is 14.6 Å². The molecule has 0 atom stereocenters. The number of amides is 1. The lowest BCUT2D eigenvalue weighted by Gasteiger charge is -2.20. The van der Waals surface area contributed by atoms with Crippen LogP contribution in [0.4, 0.5) is 0 Å². The molecule has 0 aliphatic heterocycles. The number of hydrogen-bond acceptors (Lipinski definition) is 3. The summed E-state index contributed by atoms with van der Waals surface area (Å²) in [6, 6.07) is 19.0. The lowest BCUT2D eigenvalue weighted by atomic mass is 9.97. The summed E-state index contributed by atoms with van der Waals surface area (Å²) >= 11 is 0. The second-order valence-corrected chi connectivity index (χ2v) is 6.06. The van der Waals surface area contributed by atoms with Gasteiger partial charge in [0.05, 0.1) is 0 Å². The molecule has 3 rings (SSSR count). The van der Waals surface area contributed by atoms with Crippen LogP contribution in [0.3, 0.4) is 0 Å². The Kier molecular flexibility index (Phi) is 5.42. The number of rotatable bonds is 6. The third-order valence-corrected chi connectivity index (χ3v) is 4.51. The Labute approximate surface area is 153 Å². The maximum atomic E-state index is 12.3. The number of benzene rings is 3. The number of hydrogen-bond donors (Lipinski definition) is 1. The lowest BCUT2D eigenvalue weighted by molar-refractivity contribution is -0.132. The Bertz CT molecular complexity index is 899. The summed E-state index contributed by atoms with van der Waals surface area (Å²) in [5.41, 5.74) is 1.86. The highest BCUT2D eigenvalue weighted by molar-refractivity contribution is 6.00. The average Bonchev–Trinajstić information content (AvgIpc) is 2.67. The van der Waals surface area contributed by atoms with Crippen LogP contribution in [-0.4, -0.2) is 35.6 Å². The molecule has 4 heteroatoms. The monoisotopic (exact) mass is 349 g/mol. The largest absolute Gasteiger partial charge is 0.508 e. The molecule has 3 aromatic rings. The molecule has 0 heterocycles. The van der Waals surface area contributed by atoms with E-state index in [-0.39, 0.29) is 18.3 Å². The standard InChI is InChI=1S/C22H23NO3/c1-3-23(4-2)21(25)15-26-20-14-11-16-7-5-6-8-19(16)22(20)17-9-12-18(24)13-10-17/h5-14,24H,3-4,15H2,1-2H3. The van der Waals surface area contributed by atoms with E-state index < -0.39 is 0 Å². The third-order valence-electron chi connectivity index (χ3n) is 4.51. The summed E-state index contributed by atoms with van der Waals surface area (Å²) in [6.07, 6.45) is 0. The molecule has 0 saturated carbocycles. The number of carbonyl (C=O) groups excluding carboxylic acids is 1. The molecule has 134 valence electrons. The Balaban J connectivity index is 2.01. The number of aromatic hydroxyl groups is 1. The van der Waals surface area contributed by atoms with Gasteiger partial charge in [-0.2, -0.15) is 0 Å². The molecule has 0 spiro atoms. The number of carbonyl (C=O) groups is 1. The van der Waals surface area contributed by atoms with Gasteiger partial charge in [-0.15, -0.1) is 0 Å². The summed E-state index contributed by atoms with van der Waals surface area (Å²) in [4.78, 5) is 14.1. The molecule has 0 aromatic heterocycles. The van der Waals surface area contributed by atoms with Crippen molar-refractivity contribution in [2.75, 3.05) is 19.7 Å². The maximum absolute atomic E-state index is 12.3. The van der Waals surface area contributed by atoms with Crippen LogP contribution in [0.2, 0.25) is 0 Å². The van der Waals surface area contributed by atoms with Crippen LogP contribution >= 0.6 is 0 Å². The quantitative estimate of drug-likeness (QED) is 0.715. The average molecular weight is 349 g/mol. The van der Waals surface area contributed by atoms with Crippen molar-refractivity contribution in [3.05, 3.63) is 60.7 Å².